The van der Waals surface area contributed by atoms with E-state index in [4.69, 9.17) is 5.73 Å². The largest absolute Gasteiger partial charge is 0.337 e. The lowest BCUT2D eigenvalue weighted by Gasteiger charge is -2.19. The van der Waals surface area contributed by atoms with Gasteiger partial charge in [0.1, 0.15) is 5.82 Å². The van der Waals surface area contributed by atoms with Crippen molar-refractivity contribution in [1.29, 1.82) is 0 Å². The van der Waals surface area contributed by atoms with Gasteiger partial charge in [0.15, 0.2) is 0 Å². The lowest BCUT2D eigenvalue weighted by atomic mass is 10.1. The number of nitrogens with two attached hydrogens (primary N) is 1. The van der Waals surface area contributed by atoms with E-state index < -0.39 is 11.7 Å². The van der Waals surface area contributed by atoms with Crippen LogP contribution in [0.5, 0.6) is 0 Å². The molecule has 3 N–H and O–H groups in total. The molecule has 0 bridgehead atoms. The maximum atomic E-state index is 13.8. The summed E-state index contributed by atoms with van der Waals surface area (Å²) in [7, 11) is 0. The van der Waals surface area contributed by atoms with E-state index in [1.807, 2.05) is 0 Å². The van der Waals surface area contributed by atoms with Gasteiger partial charge in [-0.1, -0.05) is 24.3 Å². The second-order valence-corrected chi connectivity index (χ2v) is 6.23. The van der Waals surface area contributed by atoms with E-state index >= 15 is 0 Å². The monoisotopic (exact) mass is 377 g/mol. The van der Waals surface area contributed by atoms with Crippen molar-refractivity contribution in [1.82, 2.24) is 4.90 Å². The van der Waals surface area contributed by atoms with Gasteiger partial charge in [0, 0.05) is 19.1 Å². The highest BCUT2D eigenvalue weighted by molar-refractivity contribution is 6.09. The van der Waals surface area contributed by atoms with Gasteiger partial charge in [0.05, 0.1) is 16.8 Å². The van der Waals surface area contributed by atoms with Gasteiger partial charge in [-0.25, -0.2) is 4.39 Å². The number of para-hydroxylation sites is 1. The number of carbonyl (C=O) groups is 2. The van der Waals surface area contributed by atoms with Gasteiger partial charge < -0.3 is 16.0 Å². The van der Waals surface area contributed by atoms with Crippen molar-refractivity contribution in [2.75, 3.05) is 18.4 Å². The van der Waals surface area contributed by atoms with Crippen molar-refractivity contribution >= 4 is 29.9 Å². The zero-order chi connectivity index (χ0) is 18.0. The molecule has 0 unspecified atom stereocenters. The van der Waals surface area contributed by atoms with E-state index in [2.05, 4.69) is 5.32 Å². The molecule has 1 aliphatic rings. The first-order valence-electron chi connectivity index (χ1n) is 8.17. The number of anilines is 1. The molecule has 2 aromatic carbocycles. The van der Waals surface area contributed by atoms with Gasteiger partial charge >= 0.3 is 0 Å². The molecular weight excluding hydrogens is 357 g/mol. The Kier molecular flexibility index (Phi) is 6.34. The van der Waals surface area contributed by atoms with Crippen molar-refractivity contribution in [3.63, 3.8) is 0 Å². The van der Waals surface area contributed by atoms with Crippen molar-refractivity contribution in [2.45, 2.75) is 19.4 Å². The number of hydrogen-bond acceptors (Lipinski definition) is 3. The predicted molar refractivity (Wildman–Crippen MR) is 101 cm³/mol. The minimum absolute atomic E-state index is 0. The van der Waals surface area contributed by atoms with Crippen LogP contribution in [0.2, 0.25) is 0 Å². The number of likely N-dealkylation sites (tertiary alicyclic amines) is 1. The second-order valence-electron chi connectivity index (χ2n) is 6.23. The van der Waals surface area contributed by atoms with Crippen LogP contribution in [0, 0.1) is 12.7 Å². The zero-order valence-corrected chi connectivity index (χ0v) is 15.2. The number of rotatable bonds is 3. The first-order chi connectivity index (χ1) is 12.0. The Labute approximate surface area is 157 Å². The molecular formula is C19H21ClFN3O2. The molecule has 0 spiro atoms. The summed E-state index contributed by atoms with van der Waals surface area (Å²) in [4.78, 5) is 26.9. The number of nitrogens with one attached hydrogen (secondary N) is 1. The van der Waals surface area contributed by atoms with Crippen molar-refractivity contribution in [3.8, 4) is 0 Å². The highest BCUT2D eigenvalue weighted by atomic mass is 35.5. The molecule has 0 aromatic heterocycles. The maximum Gasteiger partial charge on any atom is 0.258 e. The summed E-state index contributed by atoms with van der Waals surface area (Å²) >= 11 is 0. The number of carbonyl (C=O) groups excluding carboxylic acids is 2. The molecule has 5 nitrogen and oxygen atoms in total. The third-order valence-corrected chi connectivity index (χ3v) is 4.37. The summed E-state index contributed by atoms with van der Waals surface area (Å²) in [6, 6.07) is 10.9. The fourth-order valence-corrected chi connectivity index (χ4v) is 2.98. The standard InChI is InChI=1S/C19H20FN3O2.ClH/c1-12-5-4-7-15(19(25)23-10-9-13(21)11-23)17(12)22-18(24)14-6-2-3-8-16(14)20;/h2-8,13H,9-11,21H2,1H3,(H,22,24);1H/t13-;/m1./s1. The Balaban J connectivity index is 0.00000243. The molecule has 7 heteroatoms. The minimum Gasteiger partial charge on any atom is -0.337 e. The number of nitrogens with zero attached hydrogens (tertiary/aromatic N) is 1. The number of halogens is 2. The average Bonchev–Trinajstić information content (AvgIpc) is 3.03. The number of amides is 2. The van der Waals surface area contributed by atoms with E-state index in [-0.39, 0.29) is 29.9 Å². The summed E-state index contributed by atoms with van der Waals surface area (Å²) in [5, 5.41) is 2.69. The summed E-state index contributed by atoms with van der Waals surface area (Å²) in [6.45, 7) is 2.88. The summed E-state index contributed by atoms with van der Waals surface area (Å²) in [5.74, 6) is -1.37. The molecule has 1 aliphatic heterocycles. The molecule has 0 saturated carbocycles. The first-order valence-corrected chi connectivity index (χ1v) is 8.17. The third-order valence-electron chi connectivity index (χ3n) is 4.37. The molecule has 1 heterocycles. The highest BCUT2D eigenvalue weighted by Crippen LogP contribution is 2.24. The summed E-state index contributed by atoms with van der Waals surface area (Å²) in [5.41, 5.74) is 7.34. The first kappa shape index (κ1) is 19.9. The normalized spacial score (nSPS) is 16.1. The third kappa shape index (κ3) is 4.03. The van der Waals surface area contributed by atoms with Crippen molar-refractivity contribution < 1.29 is 14.0 Å². The van der Waals surface area contributed by atoms with Crippen LogP contribution in [0.4, 0.5) is 10.1 Å². The van der Waals surface area contributed by atoms with Crippen molar-refractivity contribution in [2.24, 2.45) is 5.73 Å². The fraction of sp³-hybridized carbons (Fsp3) is 0.263. The van der Waals surface area contributed by atoms with Gasteiger partial charge in [-0.05, 0) is 37.1 Å². The number of benzene rings is 2. The Morgan fingerprint density at radius 3 is 2.50 bits per heavy atom. The predicted octanol–water partition coefficient (Wildman–Crippen LogP) is 2.98. The van der Waals surface area contributed by atoms with Gasteiger partial charge in [-0.2, -0.15) is 0 Å². The van der Waals surface area contributed by atoms with E-state index in [0.717, 1.165) is 12.0 Å². The molecule has 1 atom stereocenters. The average molecular weight is 378 g/mol. The van der Waals surface area contributed by atoms with Crippen LogP contribution in [-0.2, 0) is 0 Å². The smallest absolute Gasteiger partial charge is 0.258 e. The van der Waals surface area contributed by atoms with Crippen LogP contribution in [0.25, 0.3) is 0 Å². The van der Waals surface area contributed by atoms with Gasteiger partial charge in [-0.15, -0.1) is 12.4 Å². The SMILES string of the molecule is Cc1cccc(C(=O)N2CC[C@@H](N)C2)c1NC(=O)c1ccccc1F.Cl. The Morgan fingerprint density at radius 1 is 1.15 bits per heavy atom. The Bertz CT molecular complexity index is 828. The minimum atomic E-state index is -0.605. The second kappa shape index (κ2) is 8.29. The lowest BCUT2D eigenvalue weighted by molar-refractivity contribution is 0.0792. The summed E-state index contributed by atoms with van der Waals surface area (Å²) < 4.78 is 13.8. The van der Waals surface area contributed by atoms with Crippen LogP contribution >= 0.6 is 12.4 Å². The molecule has 26 heavy (non-hydrogen) atoms. The van der Waals surface area contributed by atoms with Crippen LogP contribution in [0.3, 0.4) is 0 Å². The van der Waals surface area contributed by atoms with Gasteiger partial charge in [0.2, 0.25) is 0 Å². The molecule has 3 rings (SSSR count). The maximum absolute atomic E-state index is 13.8. The molecule has 2 aromatic rings. The van der Waals surface area contributed by atoms with Gasteiger partial charge in [0.25, 0.3) is 11.8 Å². The number of aryl methyl sites for hydroxylation is 1. The molecule has 2 amide bonds. The van der Waals surface area contributed by atoms with Crippen LogP contribution < -0.4 is 11.1 Å². The molecule has 0 radical (unpaired) electrons. The number of hydrogen-bond donors (Lipinski definition) is 2. The topological polar surface area (TPSA) is 75.4 Å². The van der Waals surface area contributed by atoms with E-state index in [0.29, 0.717) is 24.3 Å². The van der Waals surface area contributed by atoms with E-state index in [1.54, 1.807) is 36.1 Å². The van der Waals surface area contributed by atoms with Crippen LogP contribution in [0.1, 0.15) is 32.7 Å². The van der Waals surface area contributed by atoms with E-state index in [9.17, 15) is 14.0 Å². The Hall–Kier alpha value is -2.44. The molecule has 0 aliphatic carbocycles. The van der Waals surface area contributed by atoms with Crippen molar-refractivity contribution in [3.05, 3.63) is 65.0 Å². The quantitative estimate of drug-likeness (QED) is 0.863. The zero-order valence-electron chi connectivity index (χ0n) is 14.4. The van der Waals surface area contributed by atoms with Crippen LogP contribution in [-0.4, -0.2) is 35.8 Å². The van der Waals surface area contributed by atoms with E-state index in [1.165, 1.54) is 18.2 Å². The Morgan fingerprint density at radius 2 is 1.85 bits per heavy atom. The highest BCUT2D eigenvalue weighted by Gasteiger charge is 2.27. The summed E-state index contributed by atoms with van der Waals surface area (Å²) in [6.07, 6.45) is 0.758. The molecule has 1 fully saturated rings. The molecule has 1 saturated heterocycles. The fourth-order valence-electron chi connectivity index (χ4n) is 2.98. The van der Waals surface area contributed by atoms with Crippen LogP contribution in [0.15, 0.2) is 42.5 Å². The lowest BCUT2D eigenvalue weighted by Crippen LogP contribution is -2.32. The van der Waals surface area contributed by atoms with Gasteiger partial charge in [-0.3, -0.25) is 9.59 Å². The molecule has 138 valence electrons.